The molecular formula is C15H28N4O3S. The molecule has 0 bridgehead atoms. The zero-order chi connectivity index (χ0) is 17.8. The summed E-state index contributed by atoms with van der Waals surface area (Å²) in [7, 11) is -3.13. The molecule has 1 aromatic heterocycles. The van der Waals surface area contributed by atoms with Gasteiger partial charge in [-0.1, -0.05) is 0 Å². The normalized spacial score (nSPS) is 13.0. The maximum atomic E-state index is 12.4. The Morgan fingerprint density at radius 3 is 2.39 bits per heavy atom. The number of sulfone groups is 1. The van der Waals surface area contributed by atoms with Gasteiger partial charge in [0.25, 0.3) is 0 Å². The lowest BCUT2D eigenvalue weighted by Crippen LogP contribution is -2.47. The fourth-order valence-corrected chi connectivity index (χ4v) is 3.80. The van der Waals surface area contributed by atoms with E-state index in [9.17, 15) is 13.2 Å². The lowest BCUT2D eigenvalue weighted by molar-refractivity contribution is 0.187. The predicted octanol–water partition coefficient (Wildman–Crippen LogP) is 1.48. The molecule has 1 N–H and O–H groups in total. The molecule has 0 aliphatic carbocycles. The van der Waals surface area contributed by atoms with Crippen molar-refractivity contribution in [2.24, 2.45) is 0 Å². The highest BCUT2D eigenvalue weighted by Gasteiger charge is 2.22. The van der Waals surface area contributed by atoms with E-state index in [-0.39, 0.29) is 17.8 Å². The van der Waals surface area contributed by atoms with Gasteiger partial charge in [-0.05, 0) is 34.6 Å². The van der Waals surface area contributed by atoms with Crippen LogP contribution >= 0.6 is 0 Å². The van der Waals surface area contributed by atoms with Crippen LogP contribution in [0.3, 0.4) is 0 Å². The second-order valence-corrected chi connectivity index (χ2v) is 8.04. The van der Waals surface area contributed by atoms with Gasteiger partial charge in [0, 0.05) is 43.2 Å². The molecule has 23 heavy (non-hydrogen) atoms. The van der Waals surface area contributed by atoms with Crippen LogP contribution in [-0.2, 0) is 22.9 Å². The molecule has 0 saturated heterocycles. The van der Waals surface area contributed by atoms with Crippen LogP contribution in [0, 0.1) is 13.8 Å². The van der Waals surface area contributed by atoms with E-state index >= 15 is 0 Å². The van der Waals surface area contributed by atoms with E-state index in [0.29, 0.717) is 13.1 Å². The van der Waals surface area contributed by atoms with E-state index in [1.807, 2.05) is 32.4 Å². The Morgan fingerprint density at radius 2 is 1.96 bits per heavy atom. The second-order valence-electron chi connectivity index (χ2n) is 5.85. The Labute approximate surface area is 139 Å². The van der Waals surface area contributed by atoms with Crippen molar-refractivity contribution in [1.82, 2.24) is 20.0 Å². The standard InChI is InChI=1S/C15H28N4O3S/c1-7-18(11(3)10-23(6,21)22)15(20)16-9-14-12(4)17-19(8-2)13(14)5/h11H,7-10H2,1-6H3,(H,16,20)/t11-/m1/s1. The van der Waals surface area contributed by atoms with Gasteiger partial charge in [-0.2, -0.15) is 5.10 Å². The quantitative estimate of drug-likeness (QED) is 0.812. The molecule has 0 unspecified atom stereocenters. The first kappa shape index (κ1) is 19.5. The van der Waals surface area contributed by atoms with Crippen molar-refractivity contribution in [3.05, 3.63) is 17.0 Å². The topological polar surface area (TPSA) is 84.3 Å². The third kappa shape index (κ3) is 5.23. The van der Waals surface area contributed by atoms with Crippen molar-refractivity contribution in [3.8, 4) is 0 Å². The van der Waals surface area contributed by atoms with Crippen LogP contribution in [0.4, 0.5) is 4.79 Å². The number of rotatable bonds is 7. The number of urea groups is 1. The highest BCUT2D eigenvalue weighted by atomic mass is 32.2. The van der Waals surface area contributed by atoms with Gasteiger partial charge in [0.15, 0.2) is 0 Å². The number of nitrogens with zero attached hydrogens (tertiary/aromatic N) is 3. The molecule has 7 nitrogen and oxygen atoms in total. The zero-order valence-corrected chi connectivity index (χ0v) is 15.7. The molecule has 0 fully saturated rings. The van der Waals surface area contributed by atoms with Crippen molar-refractivity contribution in [3.63, 3.8) is 0 Å². The highest BCUT2D eigenvalue weighted by Crippen LogP contribution is 2.13. The van der Waals surface area contributed by atoms with Crippen LogP contribution in [0.15, 0.2) is 0 Å². The predicted molar refractivity (Wildman–Crippen MR) is 91.2 cm³/mol. The number of amides is 2. The number of carbonyl (C=O) groups is 1. The highest BCUT2D eigenvalue weighted by molar-refractivity contribution is 7.90. The zero-order valence-electron chi connectivity index (χ0n) is 14.9. The minimum atomic E-state index is -3.13. The monoisotopic (exact) mass is 344 g/mol. The summed E-state index contributed by atoms with van der Waals surface area (Å²) in [6.45, 7) is 11.1. The van der Waals surface area contributed by atoms with Crippen molar-refractivity contribution in [2.45, 2.75) is 53.8 Å². The summed E-state index contributed by atoms with van der Waals surface area (Å²) in [5, 5.41) is 7.30. The van der Waals surface area contributed by atoms with Crippen LogP contribution in [0.1, 0.15) is 37.7 Å². The van der Waals surface area contributed by atoms with Gasteiger partial charge in [0.1, 0.15) is 9.84 Å². The van der Waals surface area contributed by atoms with Crippen LogP contribution in [0.25, 0.3) is 0 Å². The summed E-state index contributed by atoms with van der Waals surface area (Å²) in [6, 6.07) is -0.623. The number of nitrogens with one attached hydrogen (secondary N) is 1. The van der Waals surface area contributed by atoms with E-state index in [1.54, 1.807) is 6.92 Å². The molecule has 0 radical (unpaired) electrons. The van der Waals surface area contributed by atoms with Crippen LogP contribution in [0.5, 0.6) is 0 Å². The SMILES string of the molecule is CCN(C(=O)NCc1c(C)nn(CC)c1C)[C@H](C)CS(C)(=O)=O. The van der Waals surface area contributed by atoms with E-state index in [1.165, 1.54) is 11.2 Å². The maximum absolute atomic E-state index is 12.4. The number of carbonyl (C=O) groups excluding carboxylic acids is 1. The molecule has 1 aromatic rings. The first-order valence-electron chi connectivity index (χ1n) is 7.85. The molecule has 1 atom stereocenters. The summed E-state index contributed by atoms with van der Waals surface area (Å²) < 4.78 is 24.7. The Kier molecular flexibility index (Phi) is 6.61. The fourth-order valence-electron chi connectivity index (χ4n) is 2.75. The molecule has 0 spiro atoms. The van der Waals surface area contributed by atoms with E-state index < -0.39 is 9.84 Å². The second kappa shape index (κ2) is 7.81. The van der Waals surface area contributed by atoms with Crippen LogP contribution in [-0.4, -0.2) is 53.7 Å². The molecule has 2 amide bonds. The van der Waals surface area contributed by atoms with E-state index in [0.717, 1.165) is 23.5 Å². The largest absolute Gasteiger partial charge is 0.334 e. The molecule has 1 rings (SSSR count). The molecule has 0 saturated carbocycles. The minimum absolute atomic E-state index is 0.0416. The van der Waals surface area contributed by atoms with Gasteiger partial charge in [0.2, 0.25) is 0 Å². The molecule has 0 aliphatic heterocycles. The van der Waals surface area contributed by atoms with Gasteiger partial charge >= 0.3 is 6.03 Å². The number of aryl methyl sites for hydroxylation is 2. The average Bonchev–Trinajstić information content (AvgIpc) is 2.70. The minimum Gasteiger partial charge on any atom is -0.334 e. The molecular weight excluding hydrogens is 316 g/mol. The van der Waals surface area contributed by atoms with E-state index in [2.05, 4.69) is 10.4 Å². The summed E-state index contributed by atoms with van der Waals surface area (Å²) in [6.07, 6.45) is 1.18. The summed E-state index contributed by atoms with van der Waals surface area (Å²) >= 11 is 0. The summed E-state index contributed by atoms with van der Waals surface area (Å²) in [4.78, 5) is 13.9. The third-order valence-corrected chi connectivity index (χ3v) is 5.01. The average molecular weight is 344 g/mol. The first-order valence-corrected chi connectivity index (χ1v) is 9.91. The summed E-state index contributed by atoms with van der Waals surface area (Å²) in [5.74, 6) is -0.0416. The molecule has 0 aromatic carbocycles. The van der Waals surface area contributed by atoms with Crippen molar-refractivity contribution < 1.29 is 13.2 Å². The smallest absolute Gasteiger partial charge is 0.317 e. The number of aromatic nitrogens is 2. The maximum Gasteiger partial charge on any atom is 0.317 e. The fraction of sp³-hybridized carbons (Fsp3) is 0.733. The Morgan fingerprint density at radius 1 is 1.35 bits per heavy atom. The van der Waals surface area contributed by atoms with E-state index in [4.69, 9.17) is 0 Å². The lowest BCUT2D eigenvalue weighted by Gasteiger charge is -2.27. The molecule has 132 valence electrons. The van der Waals surface area contributed by atoms with Gasteiger partial charge in [0.05, 0.1) is 11.4 Å². The Balaban J connectivity index is 2.76. The number of hydrogen-bond acceptors (Lipinski definition) is 4. The molecule has 1 heterocycles. The third-order valence-electron chi connectivity index (χ3n) is 3.92. The van der Waals surface area contributed by atoms with Crippen LogP contribution in [0.2, 0.25) is 0 Å². The Hall–Kier alpha value is -1.57. The van der Waals surface area contributed by atoms with Gasteiger partial charge in [-0.15, -0.1) is 0 Å². The molecule has 0 aliphatic rings. The first-order chi connectivity index (χ1) is 10.6. The summed E-state index contributed by atoms with van der Waals surface area (Å²) in [5.41, 5.74) is 2.95. The van der Waals surface area contributed by atoms with Crippen molar-refractivity contribution in [1.29, 1.82) is 0 Å². The van der Waals surface area contributed by atoms with Crippen molar-refractivity contribution in [2.75, 3.05) is 18.6 Å². The Bertz CT molecular complexity index is 652. The van der Waals surface area contributed by atoms with Gasteiger partial charge in [-0.25, -0.2) is 13.2 Å². The lowest BCUT2D eigenvalue weighted by atomic mass is 10.2. The van der Waals surface area contributed by atoms with Crippen molar-refractivity contribution >= 4 is 15.9 Å². The number of hydrogen-bond donors (Lipinski definition) is 1. The molecule has 8 heteroatoms. The van der Waals surface area contributed by atoms with Gasteiger partial charge in [-0.3, -0.25) is 4.68 Å². The van der Waals surface area contributed by atoms with Gasteiger partial charge < -0.3 is 10.2 Å². The van der Waals surface area contributed by atoms with Crippen LogP contribution < -0.4 is 5.32 Å².